The van der Waals surface area contributed by atoms with Gasteiger partial charge in [0.1, 0.15) is 0 Å². The van der Waals surface area contributed by atoms with E-state index >= 15 is 0 Å². The molecule has 2 heteroatoms. The van der Waals surface area contributed by atoms with Crippen molar-refractivity contribution in [1.82, 2.24) is 0 Å². The Morgan fingerprint density at radius 1 is 1.25 bits per heavy atom. The van der Waals surface area contributed by atoms with Crippen LogP contribution in [0.25, 0.3) is 0 Å². The quantitative estimate of drug-likeness (QED) is 0.343. The fraction of sp³-hybridized carbons (Fsp3) is 1.00. The topological polar surface area (TPSA) is 0 Å². The van der Waals surface area contributed by atoms with Crippen LogP contribution in [0.3, 0.4) is 0 Å². The zero-order valence-corrected chi connectivity index (χ0v) is 4.12. The van der Waals surface area contributed by atoms with Crippen LogP contribution in [-0.2, 0) is 0 Å². The van der Waals surface area contributed by atoms with E-state index < -0.39 is 0 Å². The maximum atomic E-state index is 2.26. The molecule has 0 amide bonds. The van der Waals surface area contributed by atoms with Gasteiger partial charge in [-0.2, -0.15) is 0 Å². The first kappa shape index (κ1) is 8.88. The van der Waals surface area contributed by atoms with Gasteiger partial charge in [-0.3, -0.25) is 0 Å². The van der Waals surface area contributed by atoms with Crippen LogP contribution >= 0.6 is 0 Å². The summed E-state index contributed by atoms with van der Waals surface area (Å²) in [6, 6.07) is 0. The molecule has 0 bridgehead atoms. The first-order valence-electron chi connectivity index (χ1n) is 1.41. The van der Waals surface area contributed by atoms with Crippen molar-refractivity contribution in [2.24, 2.45) is 0 Å². The van der Waals surface area contributed by atoms with Gasteiger partial charge in [0.05, 0.1) is 0 Å². The molecule has 0 unspecified atom stereocenters. The summed E-state index contributed by atoms with van der Waals surface area (Å²) in [6.07, 6.45) is 0. The molecule has 0 aromatic rings. The van der Waals surface area contributed by atoms with Crippen LogP contribution in [0, 0.1) is 0 Å². The highest BCUT2D eigenvalue weighted by Gasteiger charge is 1.38. The van der Waals surface area contributed by atoms with Crippen molar-refractivity contribution < 1.29 is 0 Å². The van der Waals surface area contributed by atoms with Gasteiger partial charge in [-0.05, 0) is 0 Å². The third kappa shape index (κ3) is 12.1. The van der Waals surface area contributed by atoms with Crippen LogP contribution in [0.1, 0.15) is 0 Å². The van der Waals surface area contributed by atoms with Gasteiger partial charge in [-0.15, -0.1) is 0 Å². The van der Waals surface area contributed by atoms with E-state index in [-0.39, 0.29) is 23.1 Å². The predicted octanol–water partition coefficient (Wildman–Crippen LogP) is -0.665. The Balaban J connectivity index is 0. The largest absolute Gasteiger partial charge is 0.316 e. The maximum absolute atomic E-state index is 2.26. The van der Waals surface area contributed by atoms with E-state index in [2.05, 4.69) is 13.1 Å². The molecule has 0 aliphatic rings. The molecule has 0 nitrogen and oxygen atoms in total. The third-order valence-corrected chi connectivity index (χ3v) is 0. The Labute approximate surface area is 45.9 Å². The second-order valence-electron chi connectivity index (χ2n) is 0.707. The van der Waals surface area contributed by atoms with Gasteiger partial charge in [0.2, 0.25) is 0 Å². The number of rotatable bonds is 0. The van der Waals surface area contributed by atoms with E-state index in [1.165, 1.54) is 0 Å². The predicted molar refractivity (Wildman–Crippen MR) is 28.8 cm³/mol. The summed E-state index contributed by atoms with van der Waals surface area (Å²) in [7, 11) is 0.417. The molecule has 0 saturated heterocycles. The minimum Gasteiger partial charge on any atom is -0.0750 e. The highest BCUT2D eigenvalue weighted by Crippen LogP contribution is 1.36. The Kier molecular flexibility index (Phi) is 20.0. The van der Waals surface area contributed by atoms with Gasteiger partial charge in [-0.1, -0.05) is 13.1 Å². The lowest BCUT2D eigenvalue weighted by molar-refractivity contribution is 2.14. The van der Waals surface area contributed by atoms with Gasteiger partial charge in [0.25, 0.3) is 0 Å². The molecule has 0 radical (unpaired) electrons. The monoisotopic (exact) mass is 86.0 g/mol. The molecule has 0 atom stereocenters. The molecule has 0 aliphatic carbocycles. The highest BCUT2D eigenvalue weighted by molar-refractivity contribution is 6.31. The molecule has 0 rings (SSSR count). The molecule has 0 heterocycles. The van der Waals surface area contributed by atoms with Crippen molar-refractivity contribution in [2.75, 3.05) is 0 Å². The Hall–Kier alpha value is 0.983. The molecule has 0 saturated carbocycles. The number of hydrogen-bond donors (Lipinski definition) is 0. The molecule has 0 fully saturated rings. The molecular weight excluding hydrogens is 76.4 g/mol. The summed E-state index contributed by atoms with van der Waals surface area (Å²) in [5, 5.41) is 0. The molecule has 0 aliphatic heterocycles. The zero-order chi connectivity index (χ0) is 2.71. The van der Waals surface area contributed by atoms with Crippen LogP contribution in [0.5, 0.6) is 0 Å². The standard InChI is InChI=1S/C2H8Si.Mg.2H/c1-3-2;;;/h3H2,1-2H3;;;. The lowest BCUT2D eigenvalue weighted by Gasteiger charge is -1.45. The van der Waals surface area contributed by atoms with E-state index in [1.807, 2.05) is 0 Å². The van der Waals surface area contributed by atoms with Crippen molar-refractivity contribution >= 4 is 32.6 Å². The Morgan fingerprint density at radius 3 is 1.25 bits per heavy atom. The number of hydrogen-bond acceptors (Lipinski definition) is 0. The molecule has 0 N–H and O–H groups in total. The summed E-state index contributed by atoms with van der Waals surface area (Å²) in [4.78, 5) is 0. The molecule has 0 spiro atoms. The van der Waals surface area contributed by atoms with Gasteiger partial charge >= 0.3 is 23.1 Å². The fourth-order valence-electron chi connectivity index (χ4n) is 0. The van der Waals surface area contributed by atoms with E-state index in [0.717, 1.165) is 0 Å². The average molecular weight is 86.5 g/mol. The minimum absolute atomic E-state index is 0. The molecule has 24 valence electrons. The van der Waals surface area contributed by atoms with E-state index in [4.69, 9.17) is 0 Å². The van der Waals surface area contributed by atoms with Crippen molar-refractivity contribution in [1.29, 1.82) is 0 Å². The van der Waals surface area contributed by atoms with Crippen LogP contribution in [0.15, 0.2) is 0 Å². The summed E-state index contributed by atoms with van der Waals surface area (Å²) in [6.45, 7) is 4.53. The second-order valence-corrected chi connectivity index (χ2v) is 2.12. The van der Waals surface area contributed by atoms with Gasteiger partial charge in [0, 0.05) is 9.52 Å². The van der Waals surface area contributed by atoms with Crippen LogP contribution in [0.2, 0.25) is 13.1 Å². The Morgan fingerprint density at radius 2 is 1.25 bits per heavy atom. The lowest BCUT2D eigenvalue weighted by atomic mass is 11.9. The first-order valence-corrected chi connectivity index (χ1v) is 4.24. The zero-order valence-electron chi connectivity index (χ0n) is 2.71. The van der Waals surface area contributed by atoms with Crippen LogP contribution < -0.4 is 0 Å². The van der Waals surface area contributed by atoms with Crippen molar-refractivity contribution in [3.05, 3.63) is 0 Å². The molecular formula is C2H10MgSi. The minimum atomic E-state index is 0. The average Bonchev–Trinajstić information content (AvgIpc) is 0.918. The smallest absolute Gasteiger partial charge is 0.0750 e. The van der Waals surface area contributed by atoms with Gasteiger partial charge < -0.3 is 0 Å². The molecule has 0 aromatic heterocycles. The molecule has 0 aromatic carbocycles. The van der Waals surface area contributed by atoms with Crippen LogP contribution in [0.4, 0.5) is 0 Å². The van der Waals surface area contributed by atoms with Crippen molar-refractivity contribution in [3.63, 3.8) is 0 Å². The van der Waals surface area contributed by atoms with Crippen molar-refractivity contribution in [2.45, 2.75) is 13.1 Å². The fourth-order valence-corrected chi connectivity index (χ4v) is 0. The maximum Gasteiger partial charge on any atom is 0.316 e. The third-order valence-electron chi connectivity index (χ3n) is 0. The van der Waals surface area contributed by atoms with Gasteiger partial charge in [-0.25, -0.2) is 0 Å². The summed E-state index contributed by atoms with van der Waals surface area (Å²) >= 11 is 0. The van der Waals surface area contributed by atoms with Crippen LogP contribution in [-0.4, -0.2) is 32.6 Å². The lowest BCUT2D eigenvalue weighted by Crippen LogP contribution is -1.53. The SMILES string of the molecule is C[SiH2]C.[MgH2]. The molecule has 4 heavy (non-hydrogen) atoms. The van der Waals surface area contributed by atoms with E-state index in [0.29, 0.717) is 9.52 Å². The first-order chi connectivity index (χ1) is 1.41. The summed E-state index contributed by atoms with van der Waals surface area (Å²) < 4.78 is 0. The highest BCUT2D eigenvalue weighted by atomic mass is 28.2. The normalized spacial score (nSPS) is 4.50. The van der Waals surface area contributed by atoms with E-state index in [9.17, 15) is 0 Å². The summed E-state index contributed by atoms with van der Waals surface area (Å²) in [5.41, 5.74) is 0. The van der Waals surface area contributed by atoms with E-state index in [1.54, 1.807) is 0 Å². The van der Waals surface area contributed by atoms with Gasteiger partial charge in [0.15, 0.2) is 0 Å². The van der Waals surface area contributed by atoms with Crippen molar-refractivity contribution in [3.8, 4) is 0 Å². The Bertz CT molecular complexity index is 6.00. The summed E-state index contributed by atoms with van der Waals surface area (Å²) in [5.74, 6) is 0. The second kappa shape index (κ2) is 9.01.